The fourth-order valence-corrected chi connectivity index (χ4v) is 2.62. The van der Waals surface area contributed by atoms with Gasteiger partial charge in [0.15, 0.2) is 15.6 Å². The Morgan fingerprint density at radius 2 is 1.74 bits per heavy atom. The summed E-state index contributed by atoms with van der Waals surface area (Å²) in [7, 11) is -2.41. The van der Waals surface area contributed by atoms with Crippen LogP contribution in [0.3, 0.4) is 0 Å². The van der Waals surface area contributed by atoms with Gasteiger partial charge in [-0.15, -0.1) is 0 Å². The minimum Gasteiger partial charge on any atom is -0.469 e. The summed E-state index contributed by atoms with van der Waals surface area (Å²) in [5, 5.41) is 0. The number of hydrogen-bond acceptors (Lipinski definition) is 5. The second-order valence-electron chi connectivity index (χ2n) is 4.21. The molecule has 6 heteroatoms. The fourth-order valence-electron chi connectivity index (χ4n) is 1.44. The molecule has 0 spiro atoms. The summed E-state index contributed by atoms with van der Waals surface area (Å²) in [6, 6.07) is 6.67. The molecule has 0 aliphatic carbocycles. The molecule has 1 rings (SSSR count). The number of ketones is 1. The highest BCUT2D eigenvalue weighted by molar-refractivity contribution is 7.92. The fraction of sp³-hybridized carbons (Fsp3) is 0.385. The molecule has 0 aliphatic heterocycles. The molecule has 104 valence electrons. The number of Topliss-reactive ketones (excluding diaryl/α,β-unsaturated/α-hetero) is 1. The summed E-state index contributed by atoms with van der Waals surface area (Å²) in [4.78, 5) is 22.7. The summed E-state index contributed by atoms with van der Waals surface area (Å²) >= 11 is 0. The minimum absolute atomic E-state index is 0.236. The van der Waals surface area contributed by atoms with Crippen molar-refractivity contribution >= 4 is 21.6 Å². The predicted octanol–water partition coefficient (Wildman–Crippen LogP) is 1.16. The topological polar surface area (TPSA) is 77.5 Å². The lowest BCUT2D eigenvalue weighted by atomic mass is 10.1. The minimum atomic E-state index is -3.59. The van der Waals surface area contributed by atoms with Crippen molar-refractivity contribution in [3.63, 3.8) is 0 Å². The quantitative estimate of drug-likeness (QED) is 0.578. The van der Waals surface area contributed by atoms with E-state index in [1.54, 1.807) is 24.3 Å². The van der Waals surface area contributed by atoms with Crippen LogP contribution in [0.1, 0.15) is 22.3 Å². The SMILES string of the molecule is COC(=O)CCS(=O)(=O)CC(=O)c1ccc(C)cc1. The number of methoxy groups -OCH3 is 1. The number of sulfone groups is 1. The molecule has 5 nitrogen and oxygen atoms in total. The molecule has 0 atom stereocenters. The number of rotatable bonds is 6. The Morgan fingerprint density at radius 1 is 1.16 bits per heavy atom. The number of esters is 1. The summed E-state index contributed by atoms with van der Waals surface area (Å²) in [5.74, 6) is -2.04. The molecule has 0 fully saturated rings. The van der Waals surface area contributed by atoms with Crippen LogP contribution in [0.5, 0.6) is 0 Å². The van der Waals surface area contributed by atoms with E-state index in [0.717, 1.165) is 5.56 Å². The van der Waals surface area contributed by atoms with Crippen LogP contribution in [-0.4, -0.2) is 38.8 Å². The first-order chi connectivity index (χ1) is 8.84. The lowest BCUT2D eigenvalue weighted by Crippen LogP contribution is -2.21. The van der Waals surface area contributed by atoms with Gasteiger partial charge < -0.3 is 4.74 Å². The van der Waals surface area contributed by atoms with Gasteiger partial charge in [-0.1, -0.05) is 29.8 Å². The smallest absolute Gasteiger partial charge is 0.306 e. The van der Waals surface area contributed by atoms with Crippen molar-refractivity contribution in [1.29, 1.82) is 0 Å². The third-order valence-corrected chi connectivity index (χ3v) is 4.10. The first kappa shape index (κ1) is 15.4. The average molecular weight is 284 g/mol. The van der Waals surface area contributed by atoms with Crippen LogP contribution < -0.4 is 0 Å². The van der Waals surface area contributed by atoms with Crippen LogP contribution >= 0.6 is 0 Å². The standard InChI is InChI=1S/C13H16O5S/c1-10-3-5-11(6-4-10)12(14)9-19(16,17)8-7-13(15)18-2/h3-6H,7-9H2,1-2H3. The Balaban J connectivity index is 2.65. The third kappa shape index (κ3) is 5.21. The van der Waals surface area contributed by atoms with E-state index in [0.29, 0.717) is 5.56 Å². The monoisotopic (exact) mass is 284 g/mol. The number of carbonyl (C=O) groups is 2. The van der Waals surface area contributed by atoms with Crippen molar-refractivity contribution < 1.29 is 22.7 Å². The van der Waals surface area contributed by atoms with Gasteiger partial charge in [0, 0.05) is 5.56 Å². The maximum absolute atomic E-state index is 11.8. The van der Waals surface area contributed by atoms with Gasteiger partial charge in [0.2, 0.25) is 0 Å². The van der Waals surface area contributed by atoms with E-state index in [2.05, 4.69) is 4.74 Å². The molecule has 0 bridgehead atoms. The number of benzene rings is 1. The van der Waals surface area contributed by atoms with E-state index in [4.69, 9.17) is 0 Å². The number of hydrogen-bond donors (Lipinski definition) is 0. The van der Waals surface area contributed by atoms with Crippen LogP contribution in [0.15, 0.2) is 24.3 Å². The number of aryl methyl sites for hydroxylation is 1. The van der Waals surface area contributed by atoms with Crippen molar-refractivity contribution in [2.24, 2.45) is 0 Å². The van der Waals surface area contributed by atoms with E-state index in [9.17, 15) is 18.0 Å². The Labute approximate surface area is 112 Å². The summed E-state index contributed by atoms with van der Waals surface area (Å²) in [5.41, 5.74) is 1.34. The Kier molecular flexibility index (Phi) is 5.23. The van der Waals surface area contributed by atoms with Crippen molar-refractivity contribution in [2.75, 3.05) is 18.6 Å². The third-order valence-electron chi connectivity index (χ3n) is 2.57. The lowest BCUT2D eigenvalue weighted by Gasteiger charge is -2.04. The lowest BCUT2D eigenvalue weighted by molar-refractivity contribution is -0.140. The molecule has 0 unspecified atom stereocenters. The average Bonchev–Trinajstić information content (AvgIpc) is 2.36. The molecule has 19 heavy (non-hydrogen) atoms. The zero-order valence-electron chi connectivity index (χ0n) is 10.9. The van der Waals surface area contributed by atoms with Crippen molar-refractivity contribution in [2.45, 2.75) is 13.3 Å². The normalized spacial score (nSPS) is 11.1. The van der Waals surface area contributed by atoms with Crippen LogP contribution in [-0.2, 0) is 19.4 Å². The summed E-state index contributed by atoms with van der Waals surface area (Å²) < 4.78 is 27.7. The highest BCUT2D eigenvalue weighted by Crippen LogP contribution is 2.07. The molecule has 0 saturated heterocycles. The zero-order chi connectivity index (χ0) is 14.5. The molecule has 0 heterocycles. The van der Waals surface area contributed by atoms with Crippen molar-refractivity contribution in [1.82, 2.24) is 0 Å². The summed E-state index contributed by atoms with van der Waals surface area (Å²) in [6.45, 7) is 1.88. The zero-order valence-corrected chi connectivity index (χ0v) is 11.7. The molecular weight excluding hydrogens is 268 g/mol. The molecule has 0 aromatic heterocycles. The van der Waals surface area contributed by atoms with Gasteiger partial charge in [-0.05, 0) is 6.92 Å². The molecule has 0 N–H and O–H groups in total. The van der Waals surface area contributed by atoms with E-state index >= 15 is 0 Å². The second kappa shape index (κ2) is 6.47. The molecule has 0 amide bonds. The number of ether oxygens (including phenoxy) is 1. The second-order valence-corrected chi connectivity index (χ2v) is 6.39. The van der Waals surface area contributed by atoms with Gasteiger partial charge in [-0.3, -0.25) is 9.59 Å². The van der Waals surface area contributed by atoms with Gasteiger partial charge in [-0.25, -0.2) is 8.42 Å². The Bertz CT molecular complexity index is 557. The van der Waals surface area contributed by atoms with Crippen LogP contribution in [0, 0.1) is 6.92 Å². The van der Waals surface area contributed by atoms with Gasteiger partial charge in [0.05, 0.1) is 19.3 Å². The van der Waals surface area contributed by atoms with Crippen LogP contribution in [0.4, 0.5) is 0 Å². The van der Waals surface area contributed by atoms with E-state index in [1.807, 2.05) is 6.92 Å². The van der Waals surface area contributed by atoms with Gasteiger partial charge in [0.1, 0.15) is 5.75 Å². The molecule has 1 aromatic rings. The molecule has 1 aromatic carbocycles. The first-order valence-electron chi connectivity index (χ1n) is 5.71. The van der Waals surface area contributed by atoms with E-state index in [1.165, 1.54) is 7.11 Å². The maximum Gasteiger partial charge on any atom is 0.306 e. The van der Waals surface area contributed by atoms with Crippen molar-refractivity contribution in [3.05, 3.63) is 35.4 Å². The highest BCUT2D eigenvalue weighted by atomic mass is 32.2. The first-order valence-corrected chi connectivity index (χ1v) is 7.53. The van der Waals surface area contributed by atoms with E-state index in [-0.39, 0.29) is 12.2 Å². The van der Waals surface area contributed by atoms with E-state index < -0.39 is 27.3 Å². The maximum atomic E-state index is 11.8. The van der Waals surface area contributed by atoms with Crippen molar-refractivity contribution in [3.8, 4) is 0 Å². The largest absolute Gasteiger partial charge is 0.469 e. The molecular formula is C13H16O5S. The predicted molar refractivity (Wildman–Crippen MR) is 70.8 cm³/mol. The van der Waals surface area contributed by atoms with Gasteiger partial charge >= 0.3 is 5.97 Å². The molecule has 0 aliphatic rings. The molecule has 0 radical (unpaired) electrons. The van der Waals surface area contributed by atoms with Gasteiger partial charge in [-0.2, -0.15) is 0 Å². The summed E-state index contributed by atoms with van der Waals surface area (Å²) in [6.07, 6.45) is -0.236. The van der Waals surface area contributed by atoms with Gasteiger partial charge in [0.25, 0.3) is 0 Å². The Hall–Kier alpha value is -1.69. The molecule has 0 saturated carbocycles. The Morgan fingerprint density at radius 3 is 2.26 bits per heavy atom. The van der Waals surface area contributed by atoms with Crippen LogP contribution in [0.2, 0.25) is 0 Å². The van der Waals surface area contributed by atoms with Crippen LogP contribution in [0.25, 0.3) is 0 Å². The highest BCUT2D eigenvalue weighted by Gasteiger charge is 2.19. The number of carbonyl (C=O) groups excluding carboxylic acids is 2.